The number of aliphatic hydroxyl groups is 4. The van der Waals surface area contributed by atoms with Gasteiger partial charge in [-0.1, -0.05) is 39.8 Å². The molecule has 0 amide bonds. The van der Waals surface area contributed by atoms with Crippen LogP contribution in [0.25, 0.3) is 0 Å². The number of oxime groups is 1. The van der Waals surface area contributed by atoms with Gasteiger partial charge in [-0.15, -0.1) is 0 Å². The van der Waals surface area contributed by atoms with Crippen LogP contribution in [-0.4, -0.2) is 142 Å². The standard InChI is InChI=1S/C37H68N2O12/c1-18-16-35(8,9)32(51-34-28(40)25(39(12)13)15-19(2)47-34)21(4)29(50-26-17-36(10,46-14)31(42)23(6)48-26)22(5)33(43)49-24(7)37(11,44)30(41)20(3)27(18)38-45/h18-26,28-32,34,40-42,44-45H,15-17H2,1-14H3/t18-,19?,20+,21+,22-,23?,24-,25?,26?,28?,29+,30-,31?,32-,34?,36?,37-/m1/s1. The largest absolute Gasteiger partial charge is 0.459 e. The van der Waals surface area contributed by atoms with Crippen molar-refractivity contribution in [2.45, 2.75) is 174 Å². The van der Waals surface area contributed by atoms with Crippen molar-refractivity contribution >= 4 is 11.7 Å². The summed E-state index contributed by atoms with van der Waals surface area (Å²) in [5, 5.41) is 59.3. The molecule has 0 saturated carbocycles. The van der Waals surface area contributed by atoms with Crippen molar-refractivity contribution in [3.8, 4) is 0 Å². The maximum atomic E-state index is 14.0. The summed E-state index contributed by atoms with van der Waals surface area (Å²) in [5.74, 6) is -3.46. The Kier molecular flexibility index (Phi) is 14.6. The van der Waals surface area contributed by atoms with E-state index in [0.29, 0.717) is 12.8 Å². The molecule has 298 valence electrons. The number of aliphatic hydroxyl groups excluding tert-OH is 3. The Morgan fingerprint density at radius 2 is 1.49 bits per heavy atom. The minimum Gasteiger partial charge on any atom is -0.459 e. The first-order chi connectivity index (χ1) is 23.4. The van der Waals surface area contributed by atoms with Gasteiger partial charge < -0.3 is 59.0 Å². The average molecular weight is 733 g/mol. The predicted molar refractivity (Wildman–Crippen MR) is 189 cm³/mol. The third-order valence-corrected chi connectivity index (χ3v) is 12.1. The smallest absolute Gasteiger partial charge is 0.311 e. The van der Waals surface area contributed by atoms with E-state index in [-0.39, 0.29) is 24.3 Å². The molecular weight excluding hydrogens is 664 g/mol. The first-order valence-corrected chi connectivity index (χ1v) is 18.5. The lowest BCUT2D eigenvalue weighted by Gasteiger charge is -2.49. The molecular formula is C37H68N2O12. The molecule has 8 unspecified atom stereocenters. The lowest BCUT2D eigenvalue weighted by atomic mass is 9.69. The number of ether oxygens (including phenoxy) is 6. The second-order valence-electron chi connectivity index (χ2n) is 17.0. The van der Waals surface area contributed by atoms with Crippen LogP contribution < -0.4 is 0 Å². The highest BCUT2D eigenvalue weighted by molar-refractivity contribution is 5.88. The van der Waals surface area contributed by atoms with Gasteiger partial charge in [-0.2, -0.15) is 0 Å². The molecule has 0 aromatic heterocycles. The highest BCUT2D eigenvalue weighted by atomic mass is 16.7. The Labute approximate surface area is 304 Å². The number of likely N-dealkylation sites (N-methyl/N-ethyl adjacent to an activating group) is 1. The van der Waals surface area contributed by atoms with Gasteiger partial charge in [0.2, 0.25) is 0 Å². The number of esters is 1. The molecule has 3 heterocycles. The lowest BCUT2D eigenvalue weighted by Crippen LogP contribution is -2.59. The number of nitrogens with zero attached hydrogens (tertiary/aromatic N) is 2. The summed E-state index contributed by atoms with van der Waals surface area (Å²) < 4.78 is 37.6. The van der Waals surface area contributed by atoms with Crippen LogP contribution in [0.1, 0.15) is 95.4 Å². The van der Waals surface area contributed by atoms with Crippen molar-refractivity contribution in [1.82, 2.24) is 4.90 Å². The van der Waals surface area contributed by atoms with E-state index in [9.17, 15) is 30.4 Å². The Morgan fingerprint density at radius 1 is 0.882 bits per heavy atom. The molecule has 51 heavy (non-hydrogen) atoms. The molecule has 0 aromatic rings. The van der Waals surface area contributed by atoms with Gasteiger partial charge >= 0.3 is 5.97 Å². The van der Waals surface area contributed by atoms with Crippen molar-refractivity contribution < 1.29 is 58.8 Å². The van der Waals surface area contributed by atoms with Crippen molar-refractivity contribution in [1.29, 1.82) is 0 Å². The summed E-state index contributed by atoms with van der Waals surface area (Å²) in [6.45, 7) is 19.4. The zero-order valence-corrected chi connectivity index (χ0v) is 33.3. The van der Waals surface area contributed by atoms with Gasteiger partial charge in [-0.25, -0.2) is 0 Å². The third kappa shape index (κ3) is 9.44. The first kappa shape index (κ1) is 43.9. The van der Waals surface area contributed by atoms with Crippen LogP contribution in [0.3, 0.4) is 0 Å². The van der Waals surface area contributed by atoms with Crippen LogP contribution in [0, 0.1) is 29.1 Å². The molecule has 3 fully saturated rings. The van der Waals surface area contributed by atoms with E-state index in [0.717, 1.165) is 0 Å². The zero-order chi connectivity index (χ0) is 39.0. The second kappa shape index (κ2) is 16.9. The van der Waals surface area contributed by atoms with Gasteiger partial charge in [0, 0.05) is 31.4 Å². The molecule has 0 bridgehead atoms. The minimum atomic E-state index is -1.91. The molecule has 0 aromatic carbocycles. The highest BCUT2D eigenvalue weighted by Crippen LogP contribution is 2.43. The topological polar surface area (TPSA) is 189 Å². The van der Waals surface area contributed by atoms with Crippen LogP contribution in [-0.2, 0) is 33.2 Å². The number of rotatable bonds is 6. The summed E-state index contributed by atoms with van der Waals surface area (Å²) in [6.07, 6.45) is -7.89. The molecule has 17 atom stereocenters. The Bertz CT molecular complexity index is 1180. The quantitative estimate of drug-likeness (QED) is 0.153. The van der Waals surface area contributed by atoms with Crippen LogP contribution in [0.4, 0.5) is 0 Å². The van der Waals surface area contributed by atoms with Crippen LogP contribution >= 0.6 is 0 Å². The number of hydrogen-bond acceptors (Lipinski definition) is 14. The first-order valence-electron chi connectivity index (χ1n) is 18.5. The number of hydrogen-bond donors (Lipinski definition) is 5. The van der Waals surface area contributed by atoms with E-state index in [1.807, 2.05) is 53.6 Å². The van der Waals surface area contributed by atoms with Crippen LogP contribution in [0.2, 0.25) is 0 Å². The van der Waals surface area contributed by atoms with E-state index in [4.69, 9.17) is 28.4 Å². The summed E-state index contributed by atoms with van der Waals surface area (Å²) in [5.41, 5.74) is -3.42. The Hall–Kier alpha value is -1.46. The van der Waals surface area contributed by atoms with E-state index >= 15 is 0 Å². The Balaban J connectivity index is 2.19. The molecule has 14 nitrogen and oxygen atoms in total. The summed E-state index contributed by atoms with van der Waals surface area (Å²) in [7, 11) is 5.31. The summed E-state index contributed by atoms with van der Waals surface area (Å²) >= 11 is 0. The van der Waals surface area contributed by atoms with E-state index in [2.05, 4.69) is 5.16 Å². The van der Waals surface area contributed by atoms with Gasteiger partial charge in [0.15, 0.2) is 12.6 Å². The predicted octanol–water partition coefficient (Wildman–Crippen LogP) is 2.93. The molecule has 14 heteroatoms. The molecule has 0 radical (unpaired) electrons. The van der Waals surface area contributed by atoms with E-state index < -0.39 is 102 Å². The van der Waals surface area contributed by atoms with E-state index in [1.165, 1.54) is 21.0 Å². The third-order valence-electron chi connectivity index (χ3n) is 12.1. The Morgan fingerprint density at radius 3 is 2.04 bits per heavy atom. The minimum absolute atomic E-state index is 0.157. The maximum absolute atomic E-state index is 14.0. The fourth-order valence-corrected chi connectivity index (χ4v) is 8.55. The fourth-order valence-electron chi connectivity index (χ4n) is 8.55. The molecule has 3 rings (SSSR count). The molecule has 3 aliphatic rings. The van der Waals surface area contributed by atoms with Gasteiger partial charge in [-0.3, -0.25) is 4.79 Å². The van der Waals surface area contributed by atoms with Gasteiger partial charge in [0.1, 0.15) is 23.9 Å². The molecule has 5 N–H and O–H groups in total. The number of carbonyl (C=O) groups is 1. The van der Waals surface area contributed by atoms with Crippen LogP contribution in [0.5, 0.6) is 0 Å². The normalized spacial score (nSPS) is 48.6. The summed E-state index contributed by atoms with van der Waals surface area (Å²) in [4.78, 5) is 16.0. The SMILES string of the molecule is COC1(C)CC(O[C@H]2[C@H](C)[C@@H](OC3OC(C)CC(N(C)C)C3O)C(C)(C)C[C@@H](C)C(=NO)[C@H](C)[C@@H](O)[C@](C)(O)[C@@H](C)OC(=O)[C@@H]2C)OC(C)C1O. The molecule has 3 saturated heterocycles. The summed E-state index contributed by atoms with van der Waals surface area (Å²) in [6, 6.07) is -0.240. The number of methoxy groups -OCH3 is 1. The van der Waals surface area contributed by atoms with Crippen molar-refractivity contribution in [3.05, 3.63) is 0 Å². The molecule has 0 spiro atoms. The average Bonchev–Trinajstić information content (AvgIpc) is 3.04. The fraction of sp³-hybridized carbons (Fsp3) is 0.946. The van der Waals surface area contributed by atoms with Crippen molar-refractivity contribution in [3.63, 3.8) is 0 Å². The highest BCUT2D eigenvalue weighted by Gasteiger charge is 2.52. The van der Waals surface area contributed by atoms with Gasteiger partial charge in [0.05, 0.1) is 47.8 Å². The van der Waals surface area contributed by atoms with E-state index in [1.54, 1.807) is 27.7 Å². The number of carbonyl (C=O) groups excluding carboxylic acids is 1. The van der Waals surface area contributed by atoms with Gasteiger partial charge in [0.25, 0.3) is 0 Å². The zero-order valence-electron chi connectivity index (χ0n) is 33.3. The van der Waals surface area contributed by atoms with Gasteiger partial charge in [-0.05, 0) is 79.8 Å². The van der Waals surface area contributed by atoms with Crippen LogP contribution in [0.15, 0.2) is 5.16 Å². The lowest BCUT2D eigenvalue weighted by molar-refractivity contribution is -0.313. The second-order valence-corrected chi connectivity index (χ2v) is 17.0. The maximum Gasteiger partial charge on any atom is 0.311 e. The molecule has 0 aliphatic carbocycles. The van der Waals surface area contributed by atoms with Crippen molar-refractivity contribution in [2.24, 2.45) is 34.2 Å². The number of cyclic esters (lactones) is 1. The van der Waals surface area contributed by atoms with Crippen molar-refractivity contribution in [2.75, 3.05) is 21.2 Å². The molecule has 3 aliphatic heterocycles. The monoisotopic (exact) mass is 732 g/mol.